The minimum atomic E-state index is -4.94. The second-order valence-corrected chi connectivity index (χ2v) is 10.4. The van der Waals surface area contributed by atoms with Gasteiger partial charge in [-0.05, 0) is 95.7 Å². The van der Waals surface area contributed by atoms with Gasteiger partial charge in [-0.2, -0.15) is 0 Å². The largest absolute Gasteiger partial charge is 0.222 e. The predicted octanol–water partition coefficient (Wildman–Crippen LogP) is 3.28. The average Bonchev–Trinajstić information content (AvgIpc) is 2.75. The van der Waals surface area contributed by atoms with Crippen molar-refractivity contribution in [2.75, 3.05) is 0 Å². The third kappa shape index (κ3) is 6.53. The van der Waals surface area contributed by atoms with Crippen LogP contribution in [0.25, 0.3) is 0 Å². The summed E-state index contributed by atoms with van der Waals surface area (Å²) in [6.45, 7) is 18.5. The fraction of sp³-hybridized carbons (Fsp3) is 0.407. The van der Waals surface area contributed by atoms with Crippen LogP contribution < -0.4 is 18.6 Å². The van der Waals surface area contributed by atoms with Gasteiger partial charge in [0.2, 0.25) is 0 Å². The van der Waals surface area contributed by atoms with Crippen LogP contribution >= 0.6 is 0 Å². The summed E-state index contributed by atoms with van der Waals surface area (Å²) in [6.07, 6.45) is 3.57. The summed E-state index contributed by atoms with van der Waals surface area (Å²) in [5.41, 5.74) is 9.34. The van der Waals surface area contributed by atoms with E-state index in [1.807, 2.05) is 0 Å². The Morgan fingerprint density at radius 3 is 1.16 bits per heavy atom. The zero-order valence-electron chi connectivity index (χ0n) is 22.1. The van der Waals surface area contributed by atoms with Gasteiger partial charge in [0.05, 0.1) is 0 Å². The van der Waals surface area contributed by atoms with Gasteiger partial charge < -0.3 is 0 Å². The van der Waals surface area contributed by atoms with Crippen LogP contribution in [-0.4, -0.2) is 0 Å². The number of hydrogen-bond donors (Lipinski definition) is 0. The van der Waals surface area contributed by atoms with E-state index in [-0.39, 0.29) is 31.2 Å². The van der Waals surface area contributed by atoms with Crippen molar-refractivity contribution in [3.63, 3.8) is 0 Å². The molecule has 207 valence electrons. The number of hydrogen-bond acceptors (Lipinski definition) is 4. The van der Waals surface area contributed by atoms with Gasteiger partial charge in [0.25, 0.3) is 0 Å². The summed E-state index contributed by atoms with van der Waals surface area (Å²) < 4.78 is 89.0. The molecule has 0 heterocycles. The van der Waals surface area contributed by atoms with Gasteiger partial charge in [-0.1, -0.05) is 23.3 Å². The van der Waals surface area contributed by atoms with Crippen LogP contribution in [-0.2, 0) is 25.5 Å². The van der Waals surface area contributed by atoms with E-state index in [4.69, 9.17) is 18.6 Å². The Bertz CT molecular complexity index is 1150. The fourth-order valence-corrected chi connectivity index (χ4v) is 5.25. The molecule has 0 unspecified atom stereocenters. The monoisotopic (exact) mass is 722 g/mol. The van der Waals surface area contributed by atoms with Crippen molar-refractivity contribution < 1.29 is 66.5 Å². The molecule has 5 rings (SSSR count). The minimum absolute atomic E-state index is 0. The third-order valence-electron chi connectivity index (χ3n) is 7.47. The second kappa shape index (κ2) is 11.7. The Morgan fingerprint density at radius 1 is 0.595 bits per heavy atom. The molecule has 4 nitrogen and oxygen atoms in total. The standard InChI is InChI=1S/C15H12F4.C12H18.ClHO4.Ir/c1-6-4-15(3)5-7(2)8(6)9-10(15)12(17)14(19)13(18)11(9)16;1-7-8(2)10(4)12(6)11(5)9(7)3;2-1(3,4)5;/h4-5,8H,1-3H3;1-6H3;(H,2,3,4,5);/p-1. The van der Waals surface area contributed by atoms with E-state index in [1.54, 1.807) is 32.9 Å². The van der Waals surface area contributed by atoms with Crippen molar-refractivity contribution in [3.05, 3.63) is 91.1 Å². The van der Waals surface area contributed by atoms with Crippen molar-refractivity contribution in [2.45, 2.75) is 73.6 Å². The normalized spacial score (nSPS) is 19.4. The van der Waals surface area contributed by atoms with E-state index >= 15 is 0 Å². The number of rotatable bonds is 0. The quantitative estimate of drug-likeness (QED) is 0.181. The molecule has 2 aromatic carbocycles. The zero-order chi connectivity index (χ0) is 28.1. The van der Waals surface area contributed by atoms with Gasteiger partial charge in [-0.15, -0.1) is 10.2 Å². The van der Waals surface area contributed by atoms with Crippen molar-refractivity contribution in [3.8, 4) is 0 Å². The van der Waals surface area contributed by atoms with E-state index in [2.05, 4.69) is 41.5 Å². The van der Waals surface area contributed by atoms with Crippen LogP contribution in [0.5, 0.6) is 0 Å². The first-order valence-corrected chi connectivity index (χ1v) is 12.4. The maximum absolute atomic E-state index is 14.1. The molecule has 0 aliphatic heterocycles. The molecule has 37 heavy (non-hydrogen) atoms. The first kappa shape index (κ1) is 33.4. The molecule has 0 N–H and O–H groups in total. The maximum Gasteiger partial charge on any atom is 0.197 e. The number of halogens is 5. The van der Waals surface area contributed by atoms with Crippen LogP contribution in [0.1, 0.15) is 71.2 Å². The van der Waals surface area contributed by atoms with Crippen molar-refractivity contribution in [1.82, 2.24) is 0 Å². The summed E-state index contributed by atoms with van der Waals surface area (Å²) >= 11 is 0. The molecule has 0 spiro atoms. The summed E-state index contributed by atoms with van der Waals surface area (Å²) in [4.78, 5) is 0. The van der Waals surface area contributed by atoms with Gasteiger partial charge in [-0.3, -0.25) is 0 Å². The second-order valence-electron chi connectivity index (χ2n) is 9.66. The topological polar surface area (TPSA) is 92.2 Å². The first-order valence-electron chi connectivity index (χ1n) is 11.1. The van der Waals surface area contributed by atoms with Crippen molar-refractivity contribution in [1.29, 1.82) is 0 Å². The smallest absolute Gasteiger partial charge is 0.197 e. The maximum atomic E-state index is 14.1. The van der Waals surface area contributed by atoms with Gasteiger partial charge in [0.1, 0.15) is 0 Å². The van der Waals surface area contributed by atoms with E-state index < -0.39 is 44.8 Å². The zero-order valence-corrected chi connectivity index (χ0v) is 25.2. The molecule has 3 aliphatic rings. The molecular formula is C27H30ClF4IrO4-. The van der Waals surface area contributed by atoms with E-state index in [0.717, 1.165) is 11.1 Å². The van der Waals surface area contributed by atoms with Gasteiger partial charge in [-0.25, -0.2) is 36.2 Å². The Kier molecular flexibility index (Phi) is 10.5. The average molecular weight is 722 g/mol. The fourth-order valence-electron chi connectivity index (χ4n) is 5.25. The van der Waals surface area contributed by atoms with E-state index in [1.165, 1.54) is 33.4 Å². The van der Waals surface area contributed by atoms with E-state index in [0.29, 0.717) is 0 Å². The van der Waals surface area contributed by atoms with Crippen molar-refractivity contribution >= 4 is 0 Å². The number of benzene rings is 2. The summed E-state index contributed by atoms with van der Waals surface area (Å²) in [7, 11) is -4.94. The Hall–Kier alpha value is -1.58. The molecule has 2 bridgehead atoms. The predicted molar refractivity (Wildman–Crippen MR) is 119 cm³/mol. The Balaban J connectivity index is 0.000000328. The SMILES string of the molecule is CC1=CC2(C)C=C(C)C1c1c(F)c(F)c(F)c(F)c12.Cc1c(C)c(C)c(C)c(C)c1C.[Ir].[O-][Cl+3]([O-])([O-])[O-]. The summed E-state index contributed by atoms with van der Waals surface area (Å²) in [6, 6.07) is 0. The Labute approximate surface area is 230 Å². The molecule has 0 fully saturated rings. The molecule has 0 saturated carbocycles. The van der Waals surface area contributed by atoms with Crippen LogP contribution in [0.2, 0.25) is 0 Å². The van der Waals surface area contributed by atoms with Gasteiger partial charge in [0.15, 0.2) is 23.3 Å². The third-order valence-corrected chi connectivity index (χ3v) is 7.47. The molecule has 0 amide bonds. The number of allylic oxidation sites excluding steroid dienone is 4. The minimum Gasteiger partial charge on any atom is -0.222 e. The first-order chi connectivity index (χ1) is 16.2. The molecule has 0 aromatic heterocycles. The molecule has 3 aliphatic carbocycles. The molecule has 0 atom stereocenters. The molecule has 2 aromatic rings. The molecule has 10 heteroatoms. The van der Waals surface area contributed by atoms with Crippen LogP contribution in [0.4, 0.5) is 17.6 Å². The van der Waals surface area contributed by atoms with Gasteiger partial charge >= 0.3 is 0 Å². The Morgan fingerprint density at radius 2 is 0.865 bits per heavy atom. The molecular weight excluding hydrogens is 692 g/mol. The van der Waals surface area contributed by atoms with Crippen LogP contribution in [0.15, 0.2) is 23.3 Å². The van der Waals surface area contributed by atoms with Gasteiger partial charge in [0, 0.05) is 42.6 Å². The van der Waals surface area contributed by atoms with Crippen molar-refractivity contribution in [2.24, 2.45) is 0 Å². The summed E-state index contributed by atoms with van der Waals surface area (Å²) in [5, 5.41) is 0. The molecule has 1 radical (unpaired) electrons. The van der Waals surface area contributed by atoms with E-state index in [9.17, 15) is 17.6 Å². The van der Waals surface area contributed by atoms with Crippen LogP contribution in [0.3, 0.4) is 0 Å². The van der Waals surface area contributed by atoms with Crippen LogP contribution in [0, 0.1) is 75.1 Å². The molecule has 0 saturated heterocycles. The summed E-state index contributed by atoms with van der Waals surface area (Å²) in [5.74, 6) is -6.52.